The van der Waals surface area contributed by atoms with Gasteiger partial charge in [0.05, 0.1) is 41.4 Å². The van der Waals surface area contributed by atoms with Crippen LogP contribution in [0.3, 0.4) is 0 Å². The number of nitrogens with zero attached hydrogens (tertiary/aromatic N) is 3. The molecule has 4 aromatic rings. The van der Waals surface area contributed by atoms with Crippen LogP contribution in [0.5, 0.6) is 5.75 Å². The van der Waals surface area contributed by atoms with Crippen molar-refractivity contribution in [2.75, 3.05) is 7.11 Å². The maximum Gasteiger partial charge on any atom is 0.262 e. The number of methoxy groups -OCH3 is 1. The molecule has 0 amide bonds. The van der Waals surface area contributed by atoms with Crippen LogP contribution in [-0.4, -0.2) is 27.0 Å². The molecule has 0 saturated carbocycles. The number of rotatable bonds is 6. The monoisotopic (exact) mass is 483 g/mol. The summed E-state index contributed by atoms with van der Waals surface area (Å²) in [6.07, 6.45) is 4.75. The smallest absolute Gasteiger partial charge is 0.262 e. The highest BCUT2D eigenvalue weighted by Gasteiger charge is 2.22. The second kappa shape index (κ2) is 9.23. The van der Waals surface area contributed by atoms with E-state index in [0.29, 0.717) is 11.4 Å². The maximum atomic E-state index is 14.3. The zero-order valence-corrected chi connectivity index (χ0v) is 19.3. The lowest BCUT2D eigenvalue weighted by Crippen LogP contribution is -2.29. The highest BCUT2D eigenvalue weighted by Crippen LogP contribution is 2.27. The number of imidazole rings is 1. The zero-order valence-electron chi connectivity index (χ0n) is 18.6. The van der Waals surface area contributed by atoms with Gasteiger partial charge in [-0.25, -0.2) is 13.8 Å². The van der Waals surface area contributed by atoms with Gasteiger partial charge < -0.3 is 13.9 Å². The number of halogens is 3. The summed E-state index contributed by atoms with van der Waals surface area (Å²) < 4.78 is 36.0. The summed E-state index contributed by atoms with van der Waals surface area (Å²) >= 11 is 6.22. The van der Waals surface area contributed by atoms with Gasteiger partial charge in [-0.2, -0.15) is 0 Å². The molecule has 0 aliphatic rings. The molecule has 0 aliphatic carbocycles. The molecule has 0 fully saturated rings. The van der Waals surface area contributed by atoms with Crippen LogP contribution in [0.1, 0.15) is 40.1 Å². The van der Waals surface area contributed by atoms with Crippen molar-refractivity contribution in [1.82, 2.24) is 14.1 Å². The standard InChI is InChI=1S/C25H20ClF2N3O3/c1-14-11-30(13-29-14)22-7-4-16(8-23(22)34-3)24(32)20-9-17(26)12-31(25(20)33)15(2)19-6-5-18(27)10-21(19)28/h4-13,15H,1-3H3. The summed E-state index contributed by atoms with van der Waals surface area (Å²) in [5.41, 5.74) is 0.945. The first-order chi connectivity index (χ1) is 16.2. The molecule has 9 heteroatoms. The van der Waals surface area contributed by atoms with Crippen LogP contribution in [0.2, 0.25) is 5.02 Å². The summed E-state index contributed by atoms with van der Waals surface area (Å²) in [5.74, 6) is -1.69. The Bertz CT molecular complexity index is 1460. The first-order valence-electron chi connectivity index (χ1n) is 10.3. The third-order valence-electron chi connectivity index (χ3n) is 5.52. The van der Waals surface area contributed by atoms with E-state index in [1.165, 1.54) is 31.5 Å². The molecule has 0 bridgehead atoms. The fourth-order valence-electron chi connectivity index (χ4n) is 3.75. The predicted octanol–water partition coefficient (Wildman–Crippen LogP) is 5.12. The summed E-state index contributed by atoms with van der Waals surface area (Å²) in [5, 5.41) is 0.120. The van der Waals surface area contributed by atoms with E-state index in [4.69, 9.17) is 16.3 Å². The lowest BCUT2D eigenvalue weighted by Gasteiger charge is -2.18. The van der Waals surface area contributed by atoms with E-state index in [1.807, 2.05) is 13.1 Å². The van der Waals surface area contributed by atoms with Crippen molar-refractivity contribution >= 4 is 17.4 Å². The second-order valence-corrected chi connectivity index (χ2v) is 8.20. The Hall–Kier alpha value is -3.78. The molecule has 0 aliphatic heterocycles. The number of hydrogen-bond donors (Lipinski definition) is 0. The van der Waals surface area contributed by atoms with Gasteiger partial charge in [0.15, 0.2) is 5.78 Å². The summed E-state index contributed by atoms with van der Waals surface area (Å²) in [6, 6.07) is 8.33. The predicted molar refractivity (Wildman–Crippen MR) is 124 cm³/mol. The van der Waals surface area contributed by atoms with Crippen molar-refractivity contribution in [2.45, 2.75) is 19.9 Å². The van der Waals surface area contributed by atoms with Crippen LogP contribution in [-0.2, 0) is 0 Å². The van der Waals surface area contributed by atoms with Crippen molar-refractivity contribution < 1.29 is 18.3 Å². The summed E-state index contributed by atoms with van der Waals surface area (Å²) in [7, 11) is 1.47. The van der Waals surface area contributed by atoms with E-state index in [9.17, 15) is 18.4 Å². The number of aromatic nitrogens is 3. The van der Waals surface area contributed by atoms with Crippen molar-refractivity contribution in [3.8, 4) is 11.4 Å². The van der Waals surface area contributed by atoms with Gasteiger partial charge in [0.1, 0.15) is 17.4 Å². The molecule has 0 saturated heterocycles. The number of aryl methyl sites for hydroxylation is 1. The van der Waals surface area contributed by atoms with Crippen LogP contribution < -0.4 is 10.3 Å². The fraction of sp³-hybridized carbons (Fsp3) is 0.160. The van der Waals surface area contributed by atoms with Crippen molar-refractivity contribution in [1.29, 1.82) is 0 Å². The van der Waals surface area contributed by atoms with E-state index < -0.39 is 29.0 Å². The van der Waals surface area contributed by atoms with Crippen LogP contribution in [0.25, 0.3) is 5.69 Å². The SMILES string of the molecule is COc1cc(C(=O)c2cc(Cl)cn(C(C)c3ccc(F)cc3F)c2=O)ccc1-n1cnc(C)c1. The fourth-order valence-corrected chi connectivity index (χ4v) is 3.96. The van der Waals surface area contributed by atoms with Gasteiger partial charge in [-0.05, 0) is 44.2 Å². The van der Waals surface area contributed by atoms with Crippen LogP contribution in [0.4, 0.5) is 8.78 Å². The number of ketones is 1. The van der Waals surface area contributed by atoms with Crippen LogP contribution >= 0.6 is 11.6 Å². The first-order valence-corrected chi connectivity index (χ1v) is 10.7. The second-order valence-electron chi connectivity index (χ2n) is 7.76. The number of hydrogen-bond acceptors (Lipinski definition) is 4. The molecular weight excluding hydrogens is 464 g/mol. The molecule has 4 rings (SSSR count). The van der Waals surface area contributed by atoms with Gasteiger partial charge in [0, 0.05) is 29.6 Å². The lowest BCUT2D eigenvalue weighted by molar-refractivity contribution is 0.103. The Labute approximate surface area is 199 Å². The van der Waals surface area contributed by atoms with Gasteiger partial charge >= 0.3 is 0 Å². The average molecular weight is 484 g/mol. The summed E-state index contributed by atoms with van der Waals surface area (Å²) in [6.45, 7) is 3.41. The molecule has 0 N–H and O–H groups in total. The van der Waals surface area contributed by atoms with E-state index in [-0.39, 0.29) is 21.7 Å². The molecule has 6 nitrogen and oxygen atoms in total. The number of carbonyl (C=O) groups is 1. The minimum Gasteiger partial charge on any atom is -0.495 e. The molecule has 1 atom stereocenters. The van der Waals surface area contributed by atoms with Gasteiger partial charge in [-0.3, -0.25) is 9.59 Å². The average Bonchev–Trinajstić information content (AvgIpc) is 3.25. The minimum absolute atomic E-state index is 0.0887. The Balaban J connectivity index is 1.76. The zero-order chi connectivity index (χ0) is 24.6. The van der Waals surface area contributed by atoms with Gasteiger partial charge in [-0.15, -0.1) is 0 Å². The Kier molecular flexibility index (Phi) is 6.34. The minimum atomic E-state index is -0.834. The lowest BCUT2D eigenvalue weighted by atomic mass is 10.0. The van der Waals surface area contributed by atoms with E-state index >= 15 is 0 Å². The number of benzene rings is 2. The van der Waals surface area contributed by atoms with Crippen LogP contribution in [0.15, 0.2) is 66.0 Å². The van der Waals surface area contributed by atoms with Gasteiger partial charge in [-0.1, -0.05) is 17.7 Å². The van der Waals surface area contributed by atoms with Crippen molar-refractivity contribution in [3.05, 3.63) is 111 Å². The number of carbonyl (C=O) groups excluding carboxylic acids is 1. The van der Waals surface area contributed by atoms with Crippen LogP contribution in [0, 0.1) is 18.6 Å². The molecule has 2 aromatic heterocycles. The van der Waals surface area contributed by atoms with Crippen molar-refractivity contribution in [2.24, 2.45) is 0 Å². The number of ether oxygens (including phenoxy) is 1. The van der Waals surface area contributed by atoms with E-state index in [1.54, 1.807) is 30.0 Å². The summed E-state index contributed by atoms with van der Waals surface area (Å²) in [4.78, 5) is 30.7. The topological polar surface area (TPSA) is 66.1 Å². The highest BCUT2D eigenvalue weighted by molar-refractivity contribution is 6.31. The molecule has 0 radical (unpaired) electrons. The third kappa shape index (κ3) is 4.36. The Morgan fingerprint density at radius 1 is 1.12 bits per heavy atom. The molecule has 34 heavy (non-hydrogen) atoms. The van der Waals surface area contributed by atoms with Gasteiger partial charge in [0.25, 0.3) is 5.56 Å². The maximum absolute atomic E-state index is 14.3. The molecule has 174 valence electrons. The molecule has 2 aromatic carbocycles. The number of pyridine rings is 1. The highest BCUT2D eigenvalue weighted by atomic mass is 35.5. The molecule has 1 unspecified atom stereocenters. The largest absolute Gasteiger partial charge is 0.495 e. The molecule has 2 heterocycles. The normalized spacial score (nSPS) is 11.9. The Morgan fingerprint density at radius 2 is 1.88 bits per heavy atom. The third-order valence-corrected chi connectivity index (χ3v) is 5.72. The van der Waals surface area contributed by atoms with Gasteiger partial charge in [0.2, 0.25) is 0 Å². The van der Waals surface area contributed by atoms with E-state index in [0.717, 1.165) is 22.4 Å². The molecule has 0 spiro atoms. The van der Waals surface area contributed by atoms with Crippen molar-refractivity contribution in [3.63, 3.8) is 0 Å². The Morgan fingerprint density at radius 3 is 2.53 bits per heavy atom. The first kappa shape index (κ1) is 23.4. The molecular formula is C25H20ClF2N3O3. The quantitative estimate of drug-likeness (QED) is 0.357. The van der Waals surface area contributed by atoms with E-state index in [2.05, 4.69) is 4.98 Å².